The lowest BCUT2D eigenvalue weighted by Crippen LogP contribution is -2.31. The summed E-state index contributed by atoms with van der Waals surface area (Å²) >= 11 is 3.03. The number of carbonyl (C=O) groups excluding carboxylic acids is 2. The first-order chi connectivity index (χ1) is 9.20. The molecule has 0 aliphatic carbocycles. The third kappa shape index (κ3) is 3.91. The number of carbonyl (C=O) groups is 2. The maximum absolute atomic E-state index is 11.9. The van der Waals surface area contributed by atoms with Crippen LogP contribution in [0.25, 0.3) is 0 Å². The molecule has 1 aromatic carbocycles. The predicted octanol–water partition coefficient (Wildman–Crippen LogP) is 2.40. The molecule has 1 aromatic rings. The number of esters is 1. The van der Waals surface area contributed by atoms with E-state index in [9.17, 15) is 9.59 Å². The van der Waals surface area contributed by atoms with E-state index in [-0.39, 0.29) is 18.3 Å². The third-order valence-electron chi connectivity index (χ3n) is 2.61. The summed E-state index contributed by atoms with van der Waals surface area (Å²) in [6.45, 7) is 0.398. The number of thioether (sulfide) groups is 2. The van der Waals surface area contributed by atoms with Crippen molar-refractivity contribution in [3.63, 3.8) is 0 Å². The predicted molar refractivity (Wildman–Crippen MR) is 78.7 cm³/mol. The number of para-hydroxylation sites is 1. The van der Waals surface area contributed by atoms with E-state index >= 15 is 0 Å². The topological polar surface area (TPSA) is 55.4 Å². The summed E-state index contributed by atoms with van der Waals surface area (Å²) in [6.07, 6.45) is 2.06. The van der Waals surface area contributed by atoms with Crippen LogP contribution in [0, 0.1) is 0 Å². The van der Waals surface area contributed by atoms with Gasteiger partial charge in [0.25, 0.3) is 0 Å². The van der Waals surface area contributed by atoms with E-state index in [4.69, 9.17) is 4.74 Å². The minimum absolute atomic E-state index is 0.110. The molecule has 1 N–H and O–H groups in total. The summed E-state index contributed by atoms with van der Waals surface area (Å²) in [5.41, 5.74) is 0.810. The highest BCUT2D eigenvalue weighted by molar-refractivity contribution is 8.01. The van der Waals surface area contributed by atoms with Crippen LogP contribution in [0.1, 0.15) is 6.42 Å². The Morgan fingerprint density at radius 3 is 3.05 bits per heavy atom. The van der Waals surface area contributed by atoms with Gasteiger partial charge in [-0.3, -0.25) is 9.59 Å². The first-order valence-electron chi connectivity index (χ1n) is 5.92. The summed E-state index contributed by atoms with van der Waals surface area (Å²) in [5.74, 6) is 0.324. The van der Waals surface area contributed by atoms with Crippen molar-refractivity contribution >= 4 is 41.1 Å². The number of rotatable bonds is 5. The molecule has 0 bridgehead atoms. The van der Waals surface area contributed by atoms with Crippen molar-refractivity contribution in [2.45, 2.75) is 16.6 Å². The second-order valence-electron chi connectivity index (χ2n) is 4.01. The van der Waals surface area contributed by atoms with Crippen LogP contribution in [-0.2, 0) is 14.3 Å². The molecule has 1 unspecified atom stereocenters. The van der Waals surface area contributed by atoms with Crippen LogP contribution in [0.2, 0.25) is 0 Å². The summed E-state index contributed by atoms with van der Waals surface area (Å²) in [7, 11) is 0. The zero-order valence-electron chi connectivity index (χ0n) is 10.5. The van der Waals surface area contributed by atoms with E-state index in [1.54, 1.807) is 11.8 Å². The molecule has 0 radical (unpaired) electrons. The van der Waals surface area contributed by atoms with Crippen LogP contribution in [0.4, 0.5) is 5.69 Å². The Kier molecular flexibility index (Phi) is 5.15. The maximum Gasteiger partial charge on any atom is 0.307 e. The molecule has 0 spiro atoms. The zero-order chi connectivity index (χ0) is 13.7. The van der Waals surface area contributed by atoms with Crippen LogP contribution in [-0.4, -0.2) is 35.7 Å². The summed E-state index contributed by atoms with van der Waals surface area (Å²) in [6, 6.07) is 7.58. The number of hydrogen-bond donors (Lipinski definition) is 1. The highest BCUT2D eigenvalue weighted by Crippen LogP contribution is 2.36. The minimum Gasteiger partial charge on any atom is -0.465 e. The fraction of sp³-hybridized carbons (Fsp3) is 0.385. The molecule has 102 valence electrons. The Morgan fingerprint density at radius 1 is 1.47 bits per heavy atom. The summed E-state index contributed by atoms with van der Waals surface area (Å²) in [5, 5.41) is 2.41. The van der Waals surface area contributed by atoms with Crippen molar-refractivity contribution in [2.75, 3.05) is 23.9 Å². The van der Waals surface area contributed by atoms with Gasteiger partial charge < -0.3 is 10.1 Å². The van der Waals surface area contributed by atoms with E-state index < -0.39 is 5.25 Å². The number of fused-ring (bicyclic) bond motifs is 1. The van der Waals surface area contributed by atoms with E-state index in [0.717, 1.165) is 16.3 Å². The Bertz CT molecular complexity index is 479. The minimum atomic E-state index is -0.406. The Labute approximate surface area is 120 Å². The van der Waals surface area contributed by atoms with Crippen LogP contribution in [0.5, 0.6) is 0 Å². The van der Waals surface area contributed by atoms with Gasteiger partial charge in [0, 0.05) is 10.6 Å². The molecule has 6 heteroatoms. The average Bonchev–Trinajstić information content (AvgIpc) is 2.40. The SMILES string of the molecule is CSCCOC(=O)CC1Sc2ccccc2NC1=O. The molecule has 1 amide bonds. The largest absolute Gasteiger partial charge is 0.465 e. The van der Waals surface area contributed by atoms with Gasteiger partial charge in [0.1, 0.15) is 6.61 Å². The van der Waals surface area contributed by atoms with Gasteiger partial charge in [-0.1, -0.05) is 12.1 Å². The molecular formula is C13H15NO3S2. The molecule has 4 nitrogen and oxygen atoms in total. The van der Waals surface area contributed by atoms with Crippen molar-refractivity contribution < 1.29 is 14.3 Å². The van der Waals surface area contributed by atoms with Crippen molar-refractivity contribution in [3.8, 4) is 0 Å². The number of benzene rings is 1. The Morgan fingerprint density at radius 2 is 2.26 bits per heavy atom. The second kappa shape index (κ2) is 6.86. The van der Waals surface area contributed by atoms with Crippen molar-refractivity contribution in [3.05, 3.63) is 24.3 Å². The molecule has 0 saturated heterocycles. The molecule has 1 atom stereocenters. The lowest BCUT2D eigenvalue weighted by Gasteiger charge is -2.23. The van der Waals surface area contributed by atoms with E-state index in [1.165, 1.54) is 11.8 Å². The van der Waals surface area contributed by atoms with Gasteiger partial charge in [0.05, 0.1) is 17.4 Å². The monoisotopic (exact) mass is 297 g/mol. The Balaban J connectivity index is 1.92. The molecule has 1 aliphatic rings. The van der Waals surface area contributed by atoms with Crippen LogP contribution < -0.4 is 5.32 Å². The van der Waals surface area contributed by atoms with Crippen molar-refractivity contribution in [1.82, 2.24) is 0 Å². The van der Waals surface area contributed by atoms with Gasteiger partial charge in [0.2, 0.25) is 5.91 Å². The van der Waals surface area contributed by atoms with E-state index in [2.05, 4.69) is 5.32 Å². The quantitative estimate of drug-likeness (QED) is 0.668. The van der Waals surface area contributed by atoms with E-state index in [0.29, 0.717) is 6.61 Å². The van der Waals surface area contributed by atoms with Crippen molar-refractivity contribution in [2.24, 2.45) is 0 Å². The van der Waals surface area contributed by atoms with Gasteiger partial charge >= 0.3 is 5.97 Å². The lowest BCUT2D eigenvalue weighted by atomic mass is 10.2. The molecular weight excluding hydrogens is 282 g/mol. The normalized spacial score (nSPS) is 17.5. The van der Waals surface area contributed by atoms with Gasteiger partial charge in [-0.2, -0.15) is 11.8 Å². The molecule has 1 aliphatic heterocycles. The zero-order valence-corrected chi connectivity index (χ0v) is 12.2. The van der Waals surface area contributed by atoms with Gasteiger partial charge in [-0.25, -0.2) is 0 Å². The fourth-order valence-electron chi connectivity index (χ4n) is 1.68. The summed E-state index contributed by atoms with van der Waals surface area (Å²) in [4.78, 5) is 24.5. The smallest absolute Gasteiger partial charge is 0.307 e. The standard InChI is InChI=1S/C13H15NO3S2/c1-18-7-6-17-12(15)8-11-13(16)14-9-4-2-3-5-10(9)19-11/h2-5,11H,6-8H2,1H3,(H,14,16). The number of ether oxygens (including phenoxy) is 1. The lowest BCUT2D eigenvalue weighted by molar-refractivity contribution is -0.143. The average molecular weight is 297 g/mol. The first-order valence-corrected chi connectivity index (χ1v) is 8.19. The fourth-order valence-corrected chi connectivity index (χ4v) is 3.02. The van der Waals surface area contributed by atoms with Gasteiger partial charge in [-0.15, -0.1) is 11.8 Å². The van der Waals surface area contributed by atoms with Crippen LogP contribution in [0.15, 0.2) is 29.2 Å². The molecule has 2 rings (SSSR count). The number of amides is 1. The highest BCUT2D eigenvalue weighted by atomic mass is 32.2. The number of nitrogens with one attached hydrogen (secondary N) is 1. The molecule has 19 heavy (non-hydrogen) atoms. The molecule has 0 fully saturated rings. The van der Waals surface area contributed by atoms with Gasteiger partial charge in [-0.05, 0) is 18.4 Å². The van der Waals surface area contributed by atoms with Crippen LogP contribution in [0.3, 0.4) is 0 Å². The molecule has 0 saturated carbocycles. The highest BCUT2D eigenvalue weighted by Gasteiger charge is 2.29. The first kappa shape index (κ1) is 14.3. The summed E-state index contributed by atoms with van der Waals surface area (Å²) < 4.78 is 5.07. The van der Waals surface area contributed by atoms with Gasteiger partial charge in [0.15, 0.2) is 0 Å². The van der Waals surface area contributed by atoms with Crippen molar-refractivity contribution in [1.29, 1.82) is 0 Å². The second-order valence-corrected chi connectivity index (χ2v) is 6.24. The van der Waals surface area contributed by atoms with Crippen LogP contribution >= 0.6 is 23.5 Å². The molecule has 1 heterocycles. The number of hydrogen-bond acceptors (Lipinski definition) is 5. The third-order valence-corrected chi connectivity index (χ3v) is 4.46. The van der Waals surface area contributed by atoms with E-state index in [1.807, 2.05) is 30.5 Å². The maximum atomic E-state index is 11.9. The number of anilines is 1. The molecule has 0 aromatic heterocycles. The Hall–Kier alpha value is -1.14.